The normalized spacial score (nSPS) is 19.5. The largest absolute Gasteiger partial charge is 0.477 e. The highest BCUT2D eigenvalue weighted by Crippen LogP contribution is 2.20. The minimum atomic E-state index is 0.550. The van der Waals surface area contributed by atoms with Crippen LogP contribution in [0.15, 0.2) is 0 Å². The van der Waals surface area contributed by atoms with Gasteiger partial charge in [0.05, 0.1) is 12.3 Å². The molecule has 1 aromatic heterocycles. The van der Waals surface area contributed by atoms with Gasteiger partial charge in [-0.05, 0) is 32.7 Å². The first-order chi connectivity index (χ1) is 8.72. The van der Waals surface area contributed by atoms with E-state index in [2.05, 4.69) is 16.5 Å². The monoisotopic (exact) mass is 248 g/mol. The quantitative estimate of drug-likeness (QED) is 0.877. The maximum Gasteiger partial charge on any atom is 0.230 e. The number of aryl methyl sites for hydroxylation is 2. The van der Waals surface area contributed by atoms with E-state index in [9.17, 15) is 0 Å². The van der Waals surface area contributed by atoms with Crippen LogP contribution in [0, 0.1) is 18.3 Å². The van der Waals surface area contributed by atoms with Crippen molar-refractivity contribution < 1.29 is 4.74 Å². The van der Waals surface area contributed by atoms with Gasteiger partial charge >= 0.3 is 0 Å². The molecule has 0 spiro atoms. The Balaban J connectivity index is 1.88. The molecule has 1 aliphatic heterocycles. The number of nitrogens with one attached hydrogen (secondary N) is 1. The van der Waals surface area contributed by atoms with Gasteiger partial charge in [-0.1, -0.05) is 6.42 Å². The molecule has 1 aliphatic rings. The van der Waals surface area contributed by atoms with Crippen molar-refractivity contribution in [2.45, 2.75) is 38.6 Å². The molecule has 5 nitrogen and oxygen atoms in total. The first kappa shape index (κ1) is 12.9. The Bertz CT molecular complexity index is 441. The van der Waals surface area contributed by atoms with Crippen LogP contribution in [-0.4, -0.2) is 29.0 Å². The third-order valence-corrected chi connectivity index (χ3v) is 3.40. The molecule has 0 aromatic carbocycles. The Morgan fingerprint density at radius 1 is 1.56 bits per heavy atom. The van der Waals surface area contributed by atoms with Gasteiger partial charge in [0.25, 0.3) is 0 Å². The fourth-order valence-electron chi connectivity index (χ4n) is 2.40. The second kappa shape index (κ2) is 5.87. The third kappa shape index (κ3) is 2.82. The predicted octanol–water partition coefficient (Wildman–Crippen LogP) is 1.51. The smallest absolute Gasteiger partial charge is 0.230 e. The number of nitriles is 1. The van der Waals surface area contributed by atoms with Crippen molar-refractivity contribution >= 4 is 0 Å². The van der Waals surface area contributed by atoms with Crippen molar-refractivity contribution in [1.29, 1.82) is 5.26 Å². The van der Waals surface area contributed by atoms with Crippen LogP contribution in [0.1, 0.15) is 36.9 Å². The van der Waals surface area contributed by atoms with E-state index in [1.54, 1.807) is 4.68 Å². The van der Waals surface area contributed by atoms with Crippen molar-refractivity contribution in [3.63, 3.8) is 0 Å². The summed E-state index contributed by atoms with van der Waals surface area (Å²) in [5.41, 5.74) is 1.28. The second-order valence-electron chi connectivity index (χ2n) is 4.78. The Labute approximate surface area is 108 Å². The van der Waals surface area contributed by atoms with E-state index in [0.717, 1.165) is 18.7 Å². The molecule has 2 heterocycles. The lowest BCUT2D eigenvalue weighted by Crippen LogP contribution is -2.35. The summed E-state index contributed by atoms with van der Waals surface area (Å²) in [6.07, 6.45) is 4.77. The number of ether oxygens (including phenoxy) is 1. The van der Waals surface area contributed by atoms with Crippen molar-refractivity contribution in [2.24, 2.45) is 7.05 Å². The summed E-state index contributed by atoms with van der Waals surface area (Å²) in [6, 6.07) is 2.70. The molecule has 0 aliphatic carbocycles. The lowest BCUT2D eigenvalue weighted by molar-refractivity contribution is 0.250. The SMILES string of the molecule is Cc1nn(C)c(OCCC2CCCCN2)c1C#N. The van der Waals surface area contributed by atoms with Gasteiger partial charge in [0.15, 0.2) is 0 Å². The zero-order valence-corrected chi connectivity index (χ0v) is 11.1. The maximum atomic E-state index is 9.06. The second-order valence-corrected chi connectivity index (χ2v) is 4.78. The van der Waals surface area contributed by atoms with Crippen molar-refractivity contribution in [3.05, 3.63) is 11.3 Å². The van der Waals surface area contributed by atoms with E-state index in [1.807, 2.05) is 14.0 Å². The number of piperidine rings is 1. The standard InChI is InChI=1S/C13H20N4O/c1-10-12(9-14)13(17(2)16-10)18-8-6-11-5-3-4-7-15-11/h11,15H,3-8H2,1-2H3. The molecular formula is C13H20N4O. The summed E-state index contributed by atoms with van der Waals surface area (Å²) in [6.45, 7) is 3.57. The van der Waals surface area contributed by atoms with Gasteiger partial charge in [0.2, 0.25) is 5.88 Å². The molecule has 5 heteroatoms. The summed E-state index contributed by atoms with van der Waals surface area (Å²) in [5.74, 6) is 0.589. The number of nitrogens with zero attached hydrogens (tertiary/aromatic N) is 3. The van der Waals surface area contributed by atoms with E-state index >= 15 is 0 Å². The van der Waals surface area contributed by atoms with Crippen LogP contribution in [-0.2, 0) is 7.05 Å². The number of rotatable bonds is 4. The highest BCUT2D eigenvalue weighted by atomic mass is 16.5. The fraction of sp³-hybridized carbons (Fsp3) is 0.692. The lowest BCUT2D eigenvalue weighted by Gasteiger charge is -2.23. The Morgan fingerprint density at radius 2 is 2.39 bits per heavy atom. The molecule has 98 valence electrons. The summed E-state index contributed by atoms with van der Waals surface area (Å²) in [4.78, 5) is 0. The minimum Gasteiger partial charge on any atom is -0.477 e. The molecule has 1 fully saturated rings. The van der Waals surface area contributed by atoms with Gasteiger partial charge in [-0.25, -0.2) is 4.68 Å². The highest BCUT2D eigenvalue weighted by Gasteiger charge is 2.16. The summed E-state index contributed by atoms with van der Waals surface area (Å²) >= 11 is 0. The number of hydrogen-bond donors (Lipinski definition) is 1. The number of aromatic nitrogens is 2. The Kier molecular flexibility index (Phi) is 4.21. The molecule has 0 amide bonds. The molecule has 0 bridgehead atoms. The van der Waals surface area contributed by atoms with E-state index in [0.29, 0.717) is 24.1 Å². The zero-order chi connectivity index (χ0) is 13.0. The summed E-state index contributed by atoms with van der Waals surface area (Å²) in [7, 11) is 1.81. The minimum absolute atomic E-state index is 0.550. The van der Waals surface area contributed by atoms with Crippen LogP contribution in [0.25, 0.3) is 0 Å². The highest BCUT2D eigenvalue weighted by molar-refractivity contribution is 5.41. The molecule has 18 heavy (non-hydrogen) atoms. The Morgan fingerprint density at radius 3 is 3.06 bits per heavy atom. The first-order valence-electron chi connectivity index (χ1n) is 6.52. The van der Waals surface area contributed by atoms with Crippen molar-refractivity contribution in [3.8, 4) is 11.9 Å². The van der Waals surface area contributed by atoms with Crippen LogP contribution in [0.4, 0.5) is 0 Å². The van der Waals surface area contributed by atoms with Gasteiger partial charge in [-0.3, -0.25) is 0 Å². The molecular weight excluding hydrogens is 228 g/mol. The zero-order valence-electron chi connectivity index (χ0n) is 11.1. The van der Waals surface area contributed by atoms with E-state index in [1.165, 1.54) is 19.3 Å². The van der Waals surface area contributed by atoms with Crippen molar-refractivity contribution in [1.82, 2.24) is 15.1 Å². The van der Waals surface area contributed by atoms with Gasteiger partial charge in [0.1, 0.15) is 11.6 Å². The molecule has 1 atom stereocenters. The maximum absolute atomic E-state index is 9.06. The first-order valence-corrected chi connectivity index (χ1v) is 6.52. The molecule has 1 aromatic rings. The topological polar surface area (TPSA) is 62.9 Å². The molecule has 0 radical (unpaired) electrons. The summed E-state index contributed by atoms with van der Waals surface area (Å²) in [5, 5.41) is 16.8. The van der Waals surface area contributed by atoms with Gasteiger partial charge < -0.3 is 10.1 Å². The van der Waals surface area contributed by atoms with E-state index in [4.69, 9.17) is 10.00 Å². The molecule has 0 saturated carbocycles. The fourth-order valence-corrected chi connectivity index (χ4v) is 2.40. The van der Waals surface area contributed by atoms with Gasteiger partial charge in [-0.2, -0.15) is 10.4 Å². The van der Waals surface area contributed by atoms with Gasteiger partial charge in [-0.15, -0.1) is 0 Å². The predicted molar refractivity (Wildman–Crippen MR) is 68.4 cm³/mol. The van der Waals surface area contributed by atoms with Crippen LogP contribution in [0.2, 0.25) is 0 Å². The van der Waals surface area contributed by atoms with Crippen molar-refractivity contribution in [2.75, 3.05) is 13.2 Å². The summed E-state index contributed by atoms with van der Waals surface area (Å²) < 4.78 is 7.36. The van der Waals surface area contributed by atoms with Crippen LogP contribution >= 0.6 is 0 Å². The van der Waals surface area contributed by atoms with Gasteiger partial charge in [0, 0.05) is 13.1 Å². The molecule has 1 unspecified atom stereocenters. The third-order valence-electron chi connectivity index (χ3n) is 3.40. The van der Waals surface area contributed by atoms with Crippen LogP contribution in [0.3, 0.4) is 0 Å². The van der Waals surface area contributed by atoms with E-state index in [-0.39, 0.29) is 0 Å². The average molecular weight is 248 g/mol. The Hall–Kier alpha value is -1.54. The molecule has 1 N–H and O–H groups in total. The average Bonchev–Trinajstić information content (AvgIpc) is 2.65. The molecule has 1 saturated heterocycles. The van der Waals surface area contributed by atoms with Crippen LogP contribution in [0.5, 0.6) is 5.88 Å². The van der Waals surface area contributed by atoms with Crippen LogP contribution < -0.4 is 10.1 Å². The molecule has 2 rings (SSSR count). The van der Waals surface area contributed by atoms with E-state index < -0.39 is 0 Å². The number of hydrogen-bond acceptors (Lipinski definition) is 4. The lowest BCUT2D eigenvalue weighted by atomic mass is 10.0.